The quantitative estimate of drug-likeness (QED) is 0.349. The second-order valence-electron chi connectivity index (χ2n) is 7.63. The number of para-hydroxylation sites is 1. The molecule has 1 heterocycles. The molecule has 0 atom stereocenters. The van der Waals surface area contributed by atoms with Gasteiger partial charge in [0.15, 0.2) is 0 Å². The smallest absolute Gasteiger partial charge is 0.249 e. The van der Waals surface area contributed by atoms with Gasteiger partial charge in [-0.05, 0) is 50.5 Å². The lowest BCUT2D eigenvalue weighted by atomic mass is 10.1. The predicted octanol–water partition coefficient (Wildman–Crippen LogP) is 3.87. The Morgan fingerprint density at radius 1 is 0.935 bits per heavy atom. The van der Waals surface area contributed by atoms with Gasteiger partial charge in [0.2, 0.25) is 11.8 Å². The van der Waals surface area contributed by atoms with E-state index in [1.54, 1.807) is 6.21 Å². The zero-order valence-electron chi connectivity index (χ0n) is 18.4. The molecule has 3 rings (SSSR count). The molecular formula is C25H28N4O2. The fraction of sp³-hybridized carbons (Fsp3) is 0.240. The van der Waals surface area contributed by atoms with Crippen molar-refractivity contribution in [2.75, 3.05) is 0 Å². The number of rotatable bonds is 7. The van der Waals surface area contributed by atoms with E-state index in [0.29, 0.717) is 6.54 Å². The summed E-state index contributed by atoms with van der Waals surface area (Å²) in [6.45, 7) is 8.65. The topological polar surface area (TPSA) is 75.5 Å². The van der Waals surface area contributed by atoms with Gasteiger partial charge in [-0.1, -0.05) is 48.5 Å². The summed E-state index contributed by atoms with van der Waals surface area (Å²) in [5.41, 5.74) is 10.0. The van der Waals surface area contributed by atoms with Crippen LogP contribution < -0.4 is 10.7 Å². The van der Waals surface area contributed by atoms with Gasteiger partial charge < -0.3 is 9.88 Å². The Hall–Kier alpha value is -3.67. The van der Waals surface area contributed by atoms with E-state index < -0.39 is 5.91 Å². The zero-order valence-corrected chi connectivity index (χ0v) is 18.4. The molecular weight excluding hydrogens is 388 g/mol. The number of hydrogen-bond donors (Lipinski definition) is 2. The van der Waals surface area contributed by atoms with Gasteiger partial charge in [0.05, 0.1) is 11.9 Å². The largest absolute Gasteiger partial charge is 0.352 e. The van der Waals surface area contributed by atoms with Crippen molar-refractivity contribution in [3.63, 3.8) is 0 Å². The van der Waals surface area contributed by atoms with Crippen LogP contribution in [-0.4, -0.2) is 22.6 Å². The lowest BCUT2D eigenvalue weighted by Crippen LogP contribution is -2.29. The highest BCUT2D eigenvalue weighted by molar-refractivity contribution is 5.97. The van der Waals surface area contributed by atoms with Gasteiger partial charge in [0, 0.05) is 23.5 Å². The van der Waals surface area contributed by atoms with Crippen LogP contribution in [-0.2, 0) is 16.1 Å². The third kappa shape index (κ3) is 5.48. The molecule has 0 aliphatic heterocycles. The van der Waals surface area contributed by atoms with Crippen molar-refractivity contribution >= 4 is 18.0 Å². The number of hydrogen-bond acceptors (Lipinski definition) is 3. The van der Waals surface area contributed by atoms with Crippen LogP contribution in [0.3, 0.4) is 0 Å². The van der Waals surface area contributed by atoms with Crippen molar-refractivity contribution in [2.45, 2.75) is 40.7 Å². The summed E-state index contributed by atoms with van der Waals surface area (Å²) in [7, 11) is 0. The molecule has 0 aliphatic rings. The first-order valence-corrected chi connectivity index (χ1v) is 10.2. The molecule has 31 heavy (non-hydrogen) atoms. The number of aryl methyl sites for hydroxylation is 3. The number of nitrogens with zero attached hydrogens (tertiary/aromatic N) is 2. The molecule has 0 aliphatic carbocycles. The summed E-state index contributed by atoms with van der Waals surface area (Å²) >= 11 is 0. The van der Waals surface area contributed by atoms with Gasteiger partial charge in [0.25, 0.3) is 0 Å². The monoisotopic (exact) mass is 416 g/mol. The van der Waals surface area contributed by atoms with Gasteiger partial charge in [-0.25, -0.2) is 5.43 Å². The Bertz CT molecular complexity index is 1090. The minimum absolute atomic E-state index is 0.272. The molecule has 0 bridgehead atoms. The first-order chi connectivity index (χ1) is 14.9. The molecule has 0 saturated heterocycles. The van der Waals surface area contributed by atoms with Crippen LogP contribution in [0.25, 0.3) is 5.69 Å². The van der Waals surface area contributed by atoms with Gasteiger partial charge in [0.1, 0.15) is 6.42 Å². The molecule has 3 aromatic rings. The Labute approximate surface area is 183 Å². The molecule has 0 spiro atoms. The van der Waals surface area contributed by atoms with Crippen LogP contribution in [0.4, 0.5) is 0 Å². The van der Waals surface area contributed by atoms with E-state index in [4.69, 9.17) is 0 Å². The number of hydrazone groups is 1. The van der Waals surface area contributed by atoms with Crippen molar-refractivity contribution in [3.8, 4) is 5.69 Å². The molecule has 0 unspecified atom stereocenters. The summed E-state index contributed by atoms with van der Waals surface area (Å²) in [5, 5.41) is 6.78. The Kier molecular flexibility index (Phi) is 7.03. The minimum atomic E-state index is -0.453. The highest BCUT2D eigenvalue weighted by atomic mass is 16.2. The molecule has 2 aromatic carbocycles. The maximum atomic E-state index is 12.0. The van der Waals surface area contributed by atoms with Crippen molar-refractivity contribution in [1.29, 1.82) is 0 Å². The molecule has 0 fully saturated rings. The lowest BCUT2D eigenvalue weighted by Gasteiger charge is -2.15. The highest BCUT2D eigenvalue weighted by Crippen LogP contribution is 2.25. The maximum absolute atomic E-state index is 12.0. The fourth-order valence-electron chi connectivity index (χ4n) is 3.64. The van der Waals surface area contributed by atoms with Gasteiger partial charge in [-0.3, -0.25) is 9.59 Å². The van der Waals surface area contributed by atoms with Crippen molar-refractivity contribution in [2.24, 2.45) is 5.10 Å². The van der Waals surface area contributed by atoms with Gasteiger partial charge in [-0.2, -0.15) is 5.10 Å². The van der Waals surface area contributed by atoms with Crippen molar-refractivity contribution in [1.82, 2.24) is 15.3 Å². The fourth-order valence-corrected chi connectivity index (χ4v) is 3.64. The summed E-state index contributed by atoms with van der Waals surface area (Å²) in [5.74, 6) is -0.796. The third-order valence-corrected chi connectivity index (χ3v) is 5.18. The van der Waals surface area contributed by atoms with E-state index in [2.05, 4.69) is 52.5 Å². The first-order valence-electron chi connectivity index (χ1n) is 10.2. The van der Waals surface area contributed by atoms with Crippen LogP contribution in [0.1, 0.15) is 40.1 Å². The lowest BCUT2D eigenvalue weighted by molar-refractivity contribution is -0.129. The van der Waals surface area contributed by atoms with Gasteiger partial charge >= 0.3 is 0 Å². The van der Waals surface area contributed by atoms with E-state index in [-0.39, 0.29) is 12.3 Å². The van der Waals surface area contributed by atoms with E-state index in [0.717, 1.165) is 28.2 Å². The third-order valence-electron chi connectivity index (χ3n) is 5.18. The zero-order chi connectivity index (χ0) is 22.4. The molecule has 160 valence electrons. The number of carbonyl (C=O) groups excluding carboxylic acids is 2. The average molecular weight is 417 g/mol. The Balaban J connectivity index is 1.60. The van der Waals surface area contributed by atoms with Crippen LogP contribution in [0, 0.1) is 27.7 Å². The Morgan fingerprint density at radius 3 is 2.29 bits per heavy atom. The molecule has 0 radical (unpaired) electrons. The number of amides is 2. The summed E-state index contributed by atoms with van der Waals surface area (Å²) in [6.07, 6.45) is 1.35. The van der Waals surface area contributed by atoms with E-state index in [9.17, 15) is 9.59 Å². The predicted molar refractivity (Wildman–Crippen MR) is 123 cm³/mol. The maximum Gasteiger partial charge on any atom is 0.249 e. The van der Waals surface area contributed by atoms with Gasteiger partial charge in [-0.15, -0.1) is 0 Å². The van der Waals surface area contributed by atoms with E-state index in [1.165, 1.54) is 11.1 Å². The number of benzene rings is 2. The second kappa shape index (κ2) is 9.89. The van der Waals surface area contributed by atoms with Crippen LogP contribution >= 0.6 is 0 Å². The normalized spacial score (nSPS) is 11.0. The van der Waals surface area contributed by atoms with Crippen molar-refractivity contribution < 1.29 is 9.59 Å². The molecule has 2 amide bonds. The standard InChI is InChI=1S/C25H28N4O2/c1-17-9-8-10-18(2)25(17)29-19(3)13-22(20(29)4)16-27-28-24(31)14-23(30)26-15-21-11-6-5-7-12-21/h5-13,16H,14-15H2,1-4H3,(H,26,30)(H,28,31)/b27-16+. The minimum Gasteiger partial charge on any atom is -0.352 e. The average Bonchev–Trinajstić information content (AvgIpc) is 3.01. The molecule has 1 aromatic heterocycles. The number of aromatic nitrogens is 1. The van der Waals surface area contributed by atoms with Crippen LogP contribution in [0.5, 0.6) is 0 Å². The summed E-state index contributed by atoms with van der Waals surface area (Å²) < 4.78 is 2.20. The van der Waals surface area contributed by atoms with E-state index in [1.807, 2.05) is 50.2 Å². The molecule has 6 heteroatoms. The first kappa shape index (κ1) is 22.0. The number of nitrogens with one attached hydrogen (secondary N) is 2. The molecule has 6 nitrogen and oxygen atoms in total. The second-order valence-corrected chi connectivity index (χ2v) is 7.63. The SMILES string of the molecule is Cc1cccc(C)c1-n1c(C)cc(/C=N/NC(=O)CC(=O)NCc2ccccc2)c1C. The Morgan fingerprint density at radius 2 is 1.61 bits per heavy atom. The molecule has 2 N–H and O–H groups in total. The molecule has 0 saturated carbocycles. The highest BCUT2D eigenvalue weighted by Gasteiger charge is 2.13. The summed E-state index contributed by atoms with van der Waals surface area (Å²) in [6, 6.07) is 17.8. The summed E-state index contributed by atoms with van der Waals surface area (Å²) in [4.78, 5) is 24.0. The van der Waals surface area contributed by atoms with Crippen LogP contribution in [0.15, 0.2) is 59.7 Å². The van der Waals surface area contributed by atoms with Crippen molar-refractivity contribution in [3.05, 3.63) is 88.2 Å². The van der Waals surface area contributed by atoms with E-state index >= 15 is 0 Å². The number of carbonyl (C=O) groups is 2. The van der Waals surface area contributed by atoms with Crippen LogP contribution in [0.2, 0.25) is 0 Å².